The van der Waals surface area contributed by atoms with Crippen LogP contribution in [0.15, 0.2) is 54.6 Å². The van der Waals surface area contributed by atoms with E-state index in [-0.39, 0.29) is 18.2 Å². The fourth-order valence-corrected chi connectivity index (χ4v) is 5.37. The fraction of sp³-hybridized carbons (Fsp3) is 0.464. The lowest BCUT2D eigenvalue weighted by Crippen LogP contribution is -2.50. The van der Waals surface area contributed by atoms with Crippen molar-refractivity contribution in [3.8, 4) is 17.6 Å². The van der Waals surface area contributed by atoms with Gasteiger partial charge in [0.1, 0.15) is 17.0 Å². The van der Waals surface area contributed by atoms with Gasteiger partial charge in [0, 0.05) is 37.0 Å². The first-order valence-corrected chi connectivity index (χ1v) is 12.5. The van der Waals surface area contributed by atoms with Crippen molar-refractivity contribution in [3.05, 3.63) is 60.2 Å². The van der Waals surface area contributed by atoms with Crippen LogP contribution in [0.25, 0.3) is 0 Å². The first kappa shape index (κ1) is 24.7. The first-order valence-electron chi connectivity index (χ1n) is 12.5. The van der Waals surface area contributed by atoms with E-state index < -0.39 is 11.0 Å². The molecule has 184 valence electrons. The Morgan fingerprint density at radius 1 is 1.03 bits per heavy atom. The van der Waals surface area contributed by atoms with Gasteiger partial charge in [-0.25, -0.2) is 0 Å². The summed E-state index contributed by atoms with van der Waals surface area (Å²) < 4.78 is 6.08. The third kappa shape index (κ3) is 6.01. The van der Waals surface area contributed by atoms with Crippen LogP contribution in [-0.4, -0.2) is 35.3 Å². The average Bonchev–Trinajstić information content (AvgIpc) is 3.28. The average molecular weight is 475 g/mol. The summed E-state index contributed by atoms with van der Waals surface area (Å²) in [5.74, 6) is 1.06. The van der Waals surface area contributed by atoms with E-state index in [2.05, 4.69) is 16.3 Å². The zero-order chi connectivity index (χ0) is 24.7. The SMILES string of the molecule is N#CC1(NC(=O)CCC2(C(N)=O)CCCCC2)CCN(Cc2ccccc2Oc2ccccc2)C1. The molecule has 1 heterocycles. The molecule has 3 N–H and O–H groups in total. The molecule has 0 radical (unpaired) electrons. The lowest BCUT2D eigenvalue weighted by Gasteiger charge is -2.34. The van der Waals surface area contributed by atoms with Gasteiger partial charge in [0.2, 0.25) is 11.8 Å². The minimum absolute atomic E-state index is 0.188. The number of hydrogen-bond donors (Lipinski definition) is 2. The van der Waals surface area contributed by atoms with Gasteiger partial charge in [0.25, 0.3) is 0 Å². The minimum atomic E-state index is -0.932. The summed E-state index contributed by atoms with van der Waals surface area (Å²) in [5.41, 5.74) is 5.23. The number of primary amides is 1. The molecule has 1 unspecified atom stereocenters. The van der Waals surface area contributed by atoms with E-state index in [0.29, 0.717) is 32.5 Å². The van der Waals surface area contributed by atoms with Gasteiger partial charge in [-0.1, -0.05) is 55.7 Å². The van der Waals surface area contributed by atoms with Gasteiger partial charge < -0.3 is 15.8 Å². The highest BCUT2D eigenvalue weighted by Crippen LogP contribution is 2.40. The molecule has 1 saturated carbocycles. The highest BCUT2D eigenvalue weighted by atomic mass is 16.5. The second-order valence-corrected chi connectivity index (χ2v) is 9.93. The van der Waals surface area contributed by atoms with Crippen LogP contribution in [0.5, 0.6) is 11.5 Å². The van der Waals surface area contributed by atoms with Crippen molar-refractivity contribution in [2.24, 2.45) is 11.1 Å². The third-order valence-corrected chi connectivity index (χ3v) is 7.44. The van der Waals surface area contributed by atoms with Crippen molar-refractivity contribution in [2.75, 3.05) is 13.1 Å². The van der Waals surface area contributed by atoms with Crippen LogP contribution in [-0.2, 0) is 16.1 Å². The number of rotatable bonds is 9. The molecule has 1 aliphatic carbocycles. The van der Waals surface area contributed by atoms with Gasteiger partial charge in [0.15, 0.2) is 0 Å². The maximum atomic E-state index is 12.8. The summed E-state index contributed by atoms with van der Waals surface area (Å²) in [6.07, 6.45) is 5.75. The number of nitrogens with two attached hydrogens (primary N) is 1. The predicted molar refractivity (Wildman–Crippen MR) is 133 cm³/mol. The zero-order valence-corrected chi connectivity index (χ0v) is 20.2. The largest absolute Gasteiger partial charge is 0.457 e. The molecule has 2 aromatic carbocycles. The van der Waals surface area contributed by atoms with Crippen LogP contribution in [0.1, 0.15) is 56.9 Å². The molecule has 1 atom stereocenters. The summed E-state index contributed by atoms with van der Waals surface area (Å²) in [5, 5.41) is 12.9. The number of carbonyl (C=O) groups is 2. The Morgan fingerprint density at radius 2 is 1.74 bits per heavy atom. The van der Waals surface area contributed by atoms with Crippen LogP contribution < -0.4 is 15.8 Å². The van der Waals surface area contributed by atoms with E-state index in [1.54, 1.807) is 0 Å². The van der Waals surface area contributed by atoms with Gasteiger partial charge in [-0.05, 0) is 43.9 Å². The Morgan fingerprint density at radius 3 is 2.46 bits per heavy atom. The molecule has 2 aliphatic rings. The second-order valence-electron chi connectivity index (χ2n) is 9.93. The van der Waals surface area contributed by atoms with E-state index >= 15 is 0 Å². The third-order valence-electron chi connectivity index (χ3n) is 7.44. The molecular weight excluding hydrogens is 440 g/mol. The van der Waals surface area contributed by atoms with Crippen molar-refractivity contribution in [2.45, 2.75) is 63.5 Å². The Hall–Kier alpha value is -3.37. The summed E-state index contributed by atoms with van der Waals surface area (Å²) >= 11 is 0. The number of nitrogens with one attached hydrogen (secondary N) is 1. The van der Waals surface area contributed by atoms with Gasteiger partial charge >= 0.3 is 0 Å². The number of hydrogen-bond acceptors (Lipinski definition) is 5. The quantitative estimate of drug-likeness (QED) is 0.564. The normalized spacial score (nSPS) is 21.7. The van der Waals surface area contributed by atoms with Gasteiger partial charge in [-0.15, -0.1) is 0 Å². The molecule has 4 rings (SSSR count). The molecule has 35 heavy (non-hydrogen) atoms. The summed E-state index contributed by atoms with van der Waals surface area (Å²) in [7, 11) is 0. The highest BCUT2D eigenvalue weighted by molar-refractivity contribution is 5.83. The van der Waals surface area contributed by atoms with Crippen molar-refractivity contribution in [1.82, 2.24) is 10.2 Å². The summed E-state index contributed by atoms with van der Waals surface area (Å²) in [4.78, 5) is 27.1. The maximum Gasteiger partial charge on any atom is 0.223 e. The molecule has 2 aromatic rings. The standard InChI is InChI=1S/C28H34N4O3/c29-20-28(31-25(33)13-16-27(26(30)34)14-7-2-8-15-27)17-18-32(21-28)19-22-9-5-6-12-24(22)35-23-10-3-1-4-11-23/h1,3-6,9-12H,2,7-8,13-19,21H2,(H2,30,34)(H,31,33). The number of carbonyl (C=O) groups excluding carboxylic acids is 2. The molecule has 0 bridgehead atoms. The van der Waals surface area contributed by atoms with E-state index in [1.807, 2.05) is 54.6 Å². The Kier molecular flexibility index (Phi) is 7.72. The van der Waals surface area contributed by atoms with Crippen molar-refractivity contribution in [1.29, 1.82) is 5.26 Å². The van der Waals surface area contributed by atoms with Crippen molar-refractivity contribution >= 4 is 11.8 Å². The molecule has 1 saturated heterocycles. The van der Waals surface area contributed by atoms with Crippen LogP contribution in [0.2, 0.25) is 0 Å². The van der Waals surface area contributed by atoms with Crippen molar-refractivity contribution in [3.63, 3.8) is 0 Å². The van der Waals surface area contributed by atoms with Gasteiger partial charge in [0.05, 0.1) is 6.07 Å². The van der Waals surface area contributed by atoms with E-state index in [1.165, 1.54) is 0 Å². The molecule has 7 heteroatoms. The van der Waals surface area contributed by atoms with Crippen LogP contribution in [0.3, 0.4) is 0 Å². The Labute approximate surface area is 207 Å². The van der Waals surface area contributed by atoms with E-state index in [0.717, 1.165) is 49.2 Å². The highest BCUT2D eigenvalue weighted by Gasteiger charge is 2.41. The second kappa shape index (κ2) is 10.9. The monoisotopic (exact) mass is 474 g/mol. The fourth-order valence-electron chi connectivity index (χ4n) is 5.37. The topological polar surface area (TPSA) is 108 Å². The smallest absolute Gasteiger partial charge is 0.223 e. The lowest BCUT2D eigenvalue weighted by atomic mass is 9.70. The molecule has 1 aliphatic heterocycles. The zero-order valence-electron chi connectivity index (χ0n) is 20.2. The van der Waals surface area contributed by atoms with Crippen LogP contribution in [0, 0.1) is 16.7 Å². The van der Waals surface area contributed by atoms with Crippen LogP contribution in [0.4, 0.5) is 0 Å². The molecule has 0 spiro atoms. The maximum absolute atomic E-state index is 12.8. The lowest BCUT2D eigenvalue weighted by molar-refractivity contribution is -0.131. The van der Waals surface area contributed by atoms with E-state index in [9.17, 15) is 14.9 Å². The molecule has 2 fully saturated rings. The van der Waals surface area contributed by atoms with Gasteiger partial charge in [-0.2, -0.15) is 5.26 Å². The Bertz CT molecular complexity index is 1080. The summed E-state index contributed by atoms with van der Waals surface area (Å²) in [6.45, 7) is 1.75. The van der Waals surface area contributed by atoms with Crippen LogP contribution >= 0.6 is 0 Å². The molecular formula is C28H34N4O3. The molecule has 7 nitrogen and oxygen atoms in total. The number of likely N-dealkylation sites (tertiary alicyclic amines) is 1. The number of benzene rings is 2. The number of ether oxygens (including phenoxy) is 1. The van der Waals surface area contributed by atoms with E-state index in [4.69, 9.17) is 10.5 Å². The Balaban J connectivity index is 1.35. The number of para-hydroxylation sites is 2. The van der Waals surface area contributed by atoms with Gasteiger partial charge in [-0.3, -0.25) is 14.5 Å². The number of nitriles is 1. The first-order chi connectivity index (χ1) is 16.9. The molecule has 0 aromatic heterocycles. The molecule has 2 amide bonds. The minimum Gasteiger partial charge on any atom is -0.457 e. The summed E-state index contributed by atoms with van der Waals surface area (Å²) in [6, 6.07) is 19.9. The van der Waals surface area contributed by atoms with Crippen molar-refractivity contribution < 1.29 is 14.3 Å². The number of amides is 2. The predicted octanol–water partition coefficient (Wildman–Crippen LogP) is 4.28. The number of nitrogens with zero attached hydrogens (tertiary/aromatic N) is 2.